The van der Waals surface area contributed by atoms with Gasteiger partial charge in [0.1, 0.15) is 5.00 Å². The van der Waals surface area contributed by atoms with E-state index in [2.05, 4.69) is 12.2 Å². The number of anilines is 1. The topological polar surface area (TPSA) is 55.4 Å². The van der Waals surface area contributed by atoms with E-state index in [0.29, 0.717) is 35.2 Å². The molecule has 0 radical (unpaired) electrons. The van der Waals surface area contributed by atoms with Crippen molar-refractivity contribution < 1.29 is 14.3 Å². The lowest BCUT2D eigenvalue weighted by atomic mass is 9.85. The maximum absolute atomic E-state index is 12.1. The van der Waals surface area contributed by atoms with Crippen LogP contribution in [0.3, 0.4) is 0 Å². The molecule has 122 valence electrons. The first-order chi connectivity index (χ1) is 10.6. The Hall–Kier alpha value is -1.07. The van der Waals surface area contributed by atoms with Gasteiger partial charge in [-0.25, -0.2) is 4.79 Å². The molecule has 0 spiro atoms. The second-order valence-electron chi connectivity index (χ2n) is 5.56. The fourth-order valence-corrected chi connectivity index (χ4v) is 4.33. The van der Waals surface area contributed by atoms with Crippen LogP contribution in [0.2, 0.25) is 0 Å². The van der Waals surface area contributed by atoms with Crippen LogP contribution in [0.25, 0.3) is 0 Å². The van der Waals surface area contributed by atoms with Crippen molar-refractivity contribution in [1.82, 2.24) is 0 Å². The smallest absolute Gasteiger partial charge is 0.341 e. The third-order valence-electron chi connectivity index (χ3n) is 4.12. The minimum absolute atomic E-state index is 0.101. The highest BCUT2D eigenvalue weighted by Gasteiger charge is 2.29. The minimum Gasteiger partial charge on any atom is -0.465 e. The largest absolute Gasteiger partial charge is 0.465 e. The third kappa shape index (κ3) is 3.82. The van der Waals surface area contributed by atoms with Gasteiger partial charge in [0.25, 0.3) is 0 Å². The first-order valence-corrected chi connectivity index (χ1v) is 9.04. The van der Waals surface area contributed by atoms with Gasteiger partial charge in [0, 0.05) is 17.2 Å². The Morgan fingerprint density at radius 3 is 2.86 bits per heavy atom. The van der Waals surface area contributed by atoms with E-state index < -0.39 is 0 Å². The van der Waals surface area contributed by atoms with Crippen LogP contribution in [0.4, 0.5) is 5.00 Å². The summed E-state index contributed by atoms with van der Waals surface area (Å²) in [6, 6.07) is 0. The van der Waals surface area contributed by atoms with Crippen molar-refractivity contribution in [2.75, 3.05) is 18.3 Å². The Morgan fingerprint density at radius 1 is 1.45 bits per heavy atom. The molecule has 1 aliphatic rings. The number of ether oxygens (including phenoxy) is 1. The second kappa shape index (κ2) is 7.97. The monoisotopic (exact) mass is 343 g/mol. The predicted octanol–water partition coefficient (Wildman–Crippen LogP) is 4.01. The molecule has 4 nitrogen and oxygen atoms in total. The summed E-state index contributed by atoms with van der Waals surface area (Å²) in [5.41, 5.74) is 1.62. The number of carbonyl (C=O) groups is 2. The Labute approximate surface area is 140 Å². The van der Waals surface area contributed by atoms with Gasteiger partial charge in [0.05, 0.1) is 12.7 Å². The van der Waals surface area contributed by atoms with Gasteiger partial charge in [-0.1, -0.05) is 13.3 Å². The van der Waals surface area contributed by atoms with Gasteiger partial charge in [0.2, 0.25) is 5.91 Å². The van der Waals surface area contributed by atoms with Crippen molar-refractivity contribution in [2.45, 2.75) is 45.4 Å². The number of hydrogen-bond acceptors (Lipinski definition) is 4. The van der Waals surface area contributed by atoms with Crippen molar-refractivity contribution in [2.24, 2.45) is 5.92 Å². The maximum atomic E-state index is 12.1. The fraction of sp³-hybridized carbons (Fsp3) is 0.625. The highest BCUT2D eigenvalue weighted by molar-refractivity contribution is 7.17. The molecule has 0 saturated heterocycles. The predicted molar refractivity (Wildman–Crippen MR) is 90.0 cm³/mol. The lowest BCUT2D eigenvalue weighted by molar-refractivity contribution is -0.116. The number of carbonyl (C=O) groups excluding carboxylic acids is 2. The summed E-state index contributed by atoms with van der Waals surface area (Å²) in [6.07, 6.45) is 5.09. The van der Waals surface area contributed by atoms with E-state index in [0.717, 1.165) is 31.2 Å². The molecular formula is C16H22ClNO3S. The van der Waals surface area contributed by atoms with Crippen LogP contribution in [-0.4, -0.2) is 24.9 Å². The first kappa shape index (κ1) is 17.3. The molecule has 1 heterocycles. The number of halogens is 1. The highest BCUT2D eigenvalue weighted by atomic mass is 35.5. The standard InChI is InChI=1S/C16H22ClNO3S/c1-3-10-6-7-11-12(9-10)22-15(14(11)16(20)21-2)18-13(19)5-4-8-17/h10H,3-9H2,1-2H3,(H,18,19). The molecule has 0 bridgehead atoms. The molecule has 0 aliphatic heterocycles. The fourth-order valence-electron chi connectivity index (χ4n) is 2.83. The van der Waals surface area contributed by atoms with Gasteiger partial charge >= 0.3 is 5.97 Å². The number of thiophene rings is 1. The average Bonchev–Trinajstić information content (AvgIpc) is 2.88. The molecule has 0 saturated carbocycles. The molecule has 0 fully saturated rings. The minimum atomic E-state index is -0.361. The number of methoxy groups -OCH3 is 1. The number of amides is 1. The molecule has 1 aromatic heterocycles. The summed E-state index contributed by atoms with van der Waals surface area (Å²) in [4.78, 5) is 25.3. The second-order valence-corrected chi connectivity index (χ2v) is 7.04. The third-order valence-corrected chi connectivity index (χ3v) is 5.56. The molecule has 0 aromatic carbocycles. The van der Waals surface area contributed by atoms with Gasteiger partial charge in [0.15, 0.2) is 0 Å². The van der Waals surface area contributed by atoms with Crippen molar-refractivity contribution in [3.05, 3.63) is 16.0 Å². The van der Waals surface area contributed by atoms with Gasteiger partial charge in [-0.3, -0.25) is 4.79 Å². The number of fused-ring (bicyclic) bond motifs is 1. The van der Waals surface area contributed by atoms with Crippen LogP contribution in [0.5, 0.6) is 0 Å². The van der Waals surface area contributed by atoms with E-state index in [1.54, 1.807) is 0 Å². The quantitative estimate of drug-likeness (QED) is 0.627. The summed E-state index contributed by atoms with van der Waals surface area (Å²) in [5.74, 6) is 0.657. The summed E-state index contributed by atoms with van der Waals surface area (Å²) in [5, 5.41) is 3.50. The van der Waals surface area contributed by atoms with E-state index in [4.69, 9.17) is 16.3 Å². The van der Waals surface area contributed by atoms with E-state index in [9.17, 15) is 9.59 Å². The normalized spacial score (nSPS) is 17.0. The van der Waals surface area contributed by atoms with Crippen LogP contribution in [0, 0.1) is 5.92 Å². The van der Waals surface area contributed by atoms with Gasteiger partial charge in [-0.15, -0.1) is 22.9 Å². The zero-order valence-corrected chi connectivity index (χ0v) is 14.6. The number of rotatable bonds is 6. The molecule has 6 heteroatoms. The summed E-state index contributed by atoms with van der Waals surface area (Å²) in [6.45, 7) is 2.19. The Bertz CT molecular complexity index is 556. The molecular weight excluding hydrogens is 322 g/mol. The summed E-state index contributed by atoms with van der Waals surface area (Å²) < 4.78 is 4.91. The van der Waals surface area contributed by atoms with Crippen molar-refractivity contribution in [3.63, 3.8) is 0 Å². The van der Waals surface area contributed by atoms with Crippen molar-refractivity contribution in [3.8, 4) is 0 Å². The highest BCUT2D eigenvalue weighted by Crippen LogP contribution is 2.40. The zero-order chi connectivity index (χ0) is 16.1. The summed E-state index contributed by atoms with van der Waals surface area (Å²) >= 11 is 7.14. The number of nitrogens with one attached hydrogen (secondary N) is 1. The van der Waals surface area contributed by atoms with Crippen LogP contribution in [-0.2, 0) is 22.4 Å². The lowest BCUT2D eigenvalue weighted by Crippen LogP contribution is -2.16. The van der Waals surface area contributed by atoms with Crippen molar-refractivity contribution in [1.29, 1.82) is 0 Å². The molecule has 1 atom stereocenters. The van der Waals surface area contributed by atoms with Crippen molar-refractivity contribution >= 4 is 39.8 Å². The van der Waals surface area contributed by atoms with Crippen LogP contribution in [0.1, 0.15) is 53.4 Å². The van der Waals surface area contributed by atoms with E-state index >= 15 is 0 Å². The molecule has 1 N–H and O–H groups in total. The molecule has 1 aromatic rings. The molecule has 2 rings (SSSR count). The maximum Gasteiger partial charge on any atom is 0.341 e. The lowest BCUT2D eigenvalue weighted by Gasteiger charge is -2.20. The van der Waals surface area contributed by atoms with Gasteiger partial charge in [-0.05, 0) is 37.2 Å². The molecule has 1 aliphatic carbocycles. The van der Waals surface area contributed by atoms with E-state index in [1.807, 2.05) is 0 Å². The first-order valence-electron chi connectivity index (χ1n) is 7.69. The van der Waals surface area contributed by atoms with Gasteiger partial charge in [-0.2, -0.15) is 0 Å². The summed E-state index contributed by atoms with van der Waals surface area (Å²) in [7, 11) is 1.38. The Kier molecular flexibility index (Phi) is 6.26. The molecule has 1 unspecified atom stereocenters. The molecule has 1 amide bonds. The Balaban J connectivity index is 2.26. The van der Waals surface area contributed by atoms with Gasteiger partial charge < -0.3 is 10.1 Å². The number of hydrogen-bond donors (Lipinski definition) is 1. The van der Waals surface area contributed by atoms with E-state index in [-0.39, 0.29) is 11.9 Å². The number of alkyl halides is 1. The zero-order valence-electron chi connectivity index (χ0n) is 13.0. The number of esters is 1. The van der Waals surface area contributed by atoms with Crippen LogP contribution in [0.15, 0.2) is 0 Å². The van der Waals surface area contributed by atoms with E-state index in [1.165, 1.54) is 23.3 Å². The molecule has 22 heavy (non-hydrogen) atoms. The van der Waals surface area contributed by atoms with Crippen LogP contribution < -0.4 is 5.32 Å². The van der Waals surface area contributed by atoms with Crippen LogP contribution >= 0.6 is 22.9 Å². The Morgan fingerprint density at radius 2 is 2.23 bits per heavy atom. The average molecular weight is 344 g/mol. The SMILES string of the molecule is CCC1CCc2c(sc(NC(=O)CCCCl)c2C(=O)OC)C1.